The van der Waals surface area contributed by atoms with Crippen LogP contribution in [0.3, 0.4) is 0 Å². The lowest BCUT2D eigenvalue weighted by Gasteiger charge is -2.07. The van der Waals surface area contributed by atoms with E-state index in [1.807, 2.05) is 0 Å². The number of nitrogens with zero attached hydrogens (tertiary/aromatic N) is 1. The van der Waals surface area contributed by atoms with E-state index in [0.29, 0.717) is 13.0 Å². The van der Waals surface area contributed by atoms with Crippen molar-refractivity contribution in [1.82, 2.24) is 0 Å². The average Bonchev–Trinajstić information content (AvgIpc) is 2.33. The van der Waals surface area contributed by atoms with Crippen molar-refractivity contribution in [3.63, 3.8) is 0 Å². The van der Waals surface area contributed by atoms with E-state index in [-0.39, 0.29) is 17.9 Å². The Morgan fingerprint density at radius 3 is 2.72 bits per heavy atom. The second-order valence-corrected chi connectivity index (χ2v) is 3.41. The number of benzene rings is 1. The van der Waals surface area contributed by atoms with Gasteiger partial charge in [-0.15, -0.1) is 0 Å². The third kappa shape index (κ3) is 3.42. The van der Waals surface area contributed by atoms with E-state index in [0.717, 1.165) is 0 Å². The average molecular weight is 255 g/mol. The zero-order valence-corrected chi connectivity index (χ0v) is 9.79. The summed E-state index contributed by atoms with van der Waals surface area (Å²) in [6, 6.07) is 3.95. The molecule has 0 aromatic heterocycles. The predicted octanol–water partition coefficient (Wildman–Crippen LogP) is 1.71. The Bertz CT molecular complexity index is 445. The smallest absolute Gasteiger partial charge is 0.342 e. The molecule has 0 radical (unpaired) electrons. The van der Waals surface area contributed by atoms with Gasteiger partial charge in [0.2, 0.25) is 0 Å². The van der Waals surface area contributed by atoms with Crippen LogP contribution in [0.5, 0.6) is 5.75 Å². The molecule has 0 bridgehead atoms. The van der Waals surface area contributed by atoms with E-state index in [1.54, 1.807) is 0 Å². The molecule has 0 amide bonds. The number of hydrogen-bond donors (Lipinski definition) is 1. The third-order valence-electron chi connectivity index (χ3n) is 2.16. The van der Waals surface area contributed by atoms with Crippen molar-refractivity contribution in [3.8, 4) is 5.75 Å². The number of carbonyl (C=O) groups is 1. The van der Waals surface area contributed by atoms with E-state index in [2.05, 4.69) is 0 Å². The molecule has 1 aromatic rings. The van der Waals surface area contributed by atoms with Gasteiger partial charge in [-0.05, 0) is 12.1 Å². The molecular weight excluding hydrogens is 242 g/mol. The van der Waals surface area contributed by atoms with Gasteiger partial charge in [-0.3, -0.25) is 10.1 Å². The number of ether oxygens (including phenoxy) is 2. The van der Waals surface area contributed by atoms with Gasteiger partial charge < -0.3 is 14.6 Å². The first-order chi connectivity index (χ1) is 8.57. The molecule has 0 saturated carbocycles. The van der Waals surface area contributed by atoms with Crippen LogP contribution < -0.4 is 4.74 Å². The number of hydrogen-bond acceptors (Lipinski definition) is 5. The van der Waals surface area contributed by atoms with E-state index in [9.17, 15) is 14.9 Å². The second-order valence-electron chi connectivity index (χ2n) is 3.41. The molecule has 0 heterocycles. The number of carboxylic acid groups (broad SMARTS) is 1. The number of aromatic carboxylic acids is 1. The molecule has 98 valence electrons. The van der Waals surface area contributed by atoms with Gasteiger partial charge in [0.1, 0.15) is 5.56 Å². The minimum absolute atomic E-state index is 0.0454. The van der Waals surface area contributed by atoms with Gasteiger partial charge >= 0.3 is 11.7 Å². The third-order valence-corrected chi connectivity index (χ3v) is 2.16. The highest BCUT2D eigenvalue weighted by Crippen LogP contribution is 2.30. The lowest BCUT2D eigenvalue weighted by Crippen LogP contribution is -2.07. The maximum atomic E-state index is 10.9. The summed E-state index contributed by atoms with van der Waals surface area (Å²) in [6.45, 7) is 0.685. The Morgan fingerprint density at radius 1 is 1.44 bits per heavy atom. The molecule has 1 aromatic carbocycles. The van der Waals surface area contributed by atoms with Crippen LogP contribution in [0.2, 0.25) is 0 Å². The van der Waals surface area contributed by atoms with Crippen LogP contribution in [0.4, 0.5) is 5.69 Å². The highest BCUT2D eigenvalue weighted by Gasteiger charge is 2.25. The summed E-state index contributed by atoms with van der Waals surface area (Å²) >= 11 is 0. The fraction of sp³-hybridized carbons (Fsp3) is 0.364. The van der Waals surface area contributed by atoms with Crippen LogP contribution in [0, 0.1) is 10.1 Å². The molecule has 0 aliphatic heterocycles. The Labute approximate surface area is 103 Å². The maximum Gasteiger partial charge on any atom is 0.342 e. The van der Waals surface area contributed by atoms with Crippen molar-refractivity contribution in [1.29, 1.82) is 0 Å². The van der Waals surface area contributed by atoms with Gasteiger partial charge in [0, 0.05) is 20.1 Å². The van der Waals surface area contributed by atoms with E-state index in [4.69, 9.17) is 14.6 Å². The number of nitro benzene ring substituents is 1. The largest absolute Gasteiger partial charge is 0.487 e. The summed E-state index contributed by atoms with van der Waals surface area (Å²) in [5.41, 5.74) is -0.911. The number of rotatable bonds is 7. The first-order valence-corrected chi connectivity index (χ1v) is 5.20. The van der Waals surface area contributed by atoms with Gasteiger partial charge in [-0.2, -0.15) is 0 Å². The van der Waals surface area contributed by atoms with Gasteiger partial charge in [0.25, 0.3) is 0 Å². The number of methoxy groups -OCH3 is 1. The van der Waals surface area contributed by atoms with Gasteiger partial charge in [0.05, 0.1) is 11.5 Å². The van der Waals surface area contributed by atoms with Crippen molar-refractivity contribution in [2.24, 2.45) is 0 Å². The Morgan fingerprint density at radius 2 is 2.17 bits per heavy atom. The van der Waals surface area contributed by atoms with Crippen LogP contribution in [0.15, 0.2) is 18.2 Å². The van der Waals surface area contributed by atoms with Gasteiger partial charge in [-0.1, -0.05) is 6.07 Å². The van der Waals surface area contributed by atoms with E-state index in [1.165, 1.54) is 25.3 Å². The van der Waals surface area contributed by atoms with Crippen molar-refractivity contribution >= 4 is 11.7 Å². The summed E-state index contributed by atoms with van der Waals surface area (Å²) in [6.07, 6.45) is 0.560. The van der Waals surface area contributed by atoms with Gasteiger partial charge in [-0.25, -0.2) is 4.79 Å². The minimum atomic E-state index is -1.36. The van der Waals surface area contributed by atoms with Crippen molar-refractivity contribution in [2.75, 3.05) is 20.3 Å². The lowest BCUT2D eigenvalue weighted by atomic mass is 10.1. The van der Waals surface area contributed by atoms with Crippen molar-refractivity contribution in [2.45, 2.75) is 6.42 Å². The van der Waals surface area contributed by atoms with Crippen LogP contribution in [-0.2, 0) is 4.74 Å². The molecule has 0 spiro atoms. The predicted molar refractivity (Wildman–Crippen MR) is 62.0 cm³/mol. The fourth-order valence-electron chi connectivity index (χ4n) is 1.39. The molecule has 18 heavy (non-hydrogen) atoms. The molecule has 0 unspecified atom stereocenters. The quantitative estimate of drug-likeness (QED) is 0.452. The zero-order valence-electron chi connectivity index (χ0n) is 9.79. The Balaban J connectivity index is 2.93. The summed E-state index contributed by atoms with van der Waals surface area (Å²) in [5.74, 6) is -1.40. The topological polar surface area (TPSA) is 98.9 Å². The highest BCUT2D eigenvalue weighted by molar-refractivity contribution is 5.93. The van der Waals surface area contributed by atoms with Crippen LogP contribution >= 0.6 is 0 Å². The first-order valence-electron chi connectivity index (χ1n) is 5.20. The van der Waals surface area contributed by atoms with Crippen LogP contribution in [0.25, 0.3) is 0 Å². The maximum absolute atomic E-state index is 10.9. The monoisotopic (exact) mass is 255 g/mol. The molecule has 0 aliphatic carbocycles. The van der Waals surface area contributed by atoms with Crippen molar-refractivity contribution < 1.29 is 24.3 Å². The molecule has 0 aliphatic rings. The van der Waals surface area contributed by atoms with Crippen LogP contribution in [0.1, 0.15) is 16.8 Å². The molecule has 1 N–H and O–H groups in total. The van der Waals surface area contributed by atoms with Crippen LogP contribution in [-0.4, -0.2) is 36.3 Å². The highest BCUT2D eigenvalue weighted by atomic mass is 16.6. The molecule has 0 saturated heterocycles. The summed E-state index contributed by atoms with van der Waals surface area (Å²) in [4.78, 5) is 21.0. The molecular formula is C11H13NO6. The zero-order chi connectivity index (χ0) is 13.5. The lowest BCUT2D eigenvalue weighted by molar-refractivity contribution is -0.386. The second kappa shape index (κ2) is 6.55. The molecule has 1 rings (SSSR count). The normalized spacial score (nSPS) is 10.1. The number of nitro groups is 1. The SMILES string of the molecule is COCCCOc1cccc(C(=O)O)c1[N+](=O)[O-]. The molecule has 7 nitrogen and oxygen atoms in total. The number of carboxylic acids is 1. The minimum Gasteiger partial charge on any atom is -0.487 e. The van der Waals surface area contributed by atoms with Crippen molar-refractivity contribution in [3.05, 3.63) is 33.9 Å². The van der Waals surface area contributed by atoms with E-state index < -0.39 is 16.6 Å². The molecule has 7 heteroatoms. The summed E-state index contributed by atoms with van der Waals surface area (Å²) in [5, 5.41) is 19.7. The summed E-state index contributed by atoms with van der Waals surface area (Å²) in [7, 11) is 1.54. The fourth-order valence-corrected chi connectivity index (χ4v) is 1.39. The first kappa shape index (κ1) is 13.9. The molecule has 0 fully saturated rings. The Kier molecular flexibility index (Phi) is 5.06. The molecule has 0 atom stereocenters. The number of para-hydroxylation sites is 1. The van der Waals surface area contributed by atoms with E-state index >= 15 is 0 Å². The van der Waals surface area contributed by atoms with Gasteiger partial charge in [0.15, 0.2) is 5.75 Å². The Hall–Kier alpha value is -2.15. The standard InChI is InChI=1S/C11H13NO6/c1-17-6-3-7-18-9-5-2-4-8(11(13)14)10(9)12(15)16/h2,4-5H,3,6-7H2,1H3,(H,13,14). The summed E-state index contributed by atoms with van der Waals surface area (Å²) < 4.78 is 10.0.